The molecule has 0 radical (unpaired) electrons. The van der Waals surface area contributed by atoms with Gasteiger partial charge in [-0.25, -0.2) is 0 Å². The first-order valence-electron chi connectivity index (χ1n) is 4.71. The summed E-state index contributed by atoms with van der Waals surface area (Å²) < 4.78 is 40.0. The van der Waals surface area contributed by atoms with Crippen LogP contribution < -0.4 is 5.32 Å². The van der Waals surface area contributed by atoms with E-state index in [4.69, 9.17) is 0 Å². The van der Waals surface area contributed by atoms with Crippen LogP contribution in [0.2, 0.25) is 0 Å². The van der Waals surface area contributed by atoms with Gasteiger partial charge in [-0.2, -0.15) is 17.5 Å². The van der Waals surface area contributed by atoms with Gasteiger partial charge in [0.2, 0.25) is 0 Å². The van der Waals surface area contributed by atoms with Crippen LogP contribution in [0.25, 0.3) is 10.9 Å². The molecule has 0 spiro atoms. The number of nitrogens with zero attached hydrogens (tertiary/aromatic N) is 1. The van der Waals surface area contributed by atoms with E-state index in [1.807, 2.05) is 24.3 Å². The van der Waals surface area contributed by atoms with E-state index in [1.54, 1.807) is 0 Å². The number of aromatic nitrogens is 1. The van der Waals surface area contributed by atoms with Gasteiger partial charge in [0.25, 0.3) is 0 Å². The molecule has 1 aromatic heterocycles. The molecule has 0 unspecified atom stereocenters. The van der Waals surface area contributed by atoms with Gasteiger partial charge < -0.3 is 5.32 Å². The quantitative estimate of drug-likeness (QED) is 0.894. The van der Waals surface area contributed by atoms with Crippen molar-refractivity contribution in [3.63, 3.8) is 0 Å². The zero-order valence-electron chi connectivity index (χ0n) is 8.21. The molecule has 2 nitrogen and oxygen atoms in total. The van der Waals surface area contributed by atoms with Crippen LogP contribution in [0, 0.1) is 0 Å². The molecule has 2 rings (SSSR count). The minimum Gasteiger partial charge on any atom is -0.375 e. The molecule has 0 amide bonds. The minimum absolute atomic E-state index is 0.115. The molecule has 1 heterocycles. The van der Waals surface area contributed by atoms with Crippen molar-refractivity contribution in [3.05, 3.63) is 24.3 Å². The third-order valence-electron chi connectivity index (χ3n) is 2.08. The van der Waals surface area contributed by atoms with Gasteiger partial charge in [0.1, 0.15) is 5.00 Å². The highest BCUT2D eigenvalue weighted by Gasteiger charge is 2.26. The number of benzene rings is 1. The van der Waals surface area contributed by atoms with Crippen LogP contribution in [0.4, 0.5) is 18.2 Å². The second-order valence-electron chi connectivity index (χ2n) is 3.32. The molecule has 1 aromatic carbocycles. The Morgan fingerprint density at radius 3 is 2.75 bits per heavy atom. The fourth-order valence-corrected chi connectivity index (χ4v) is 2.12. The molecule has 1 N–H and O–H groups in total. The van der Waals surface area contributed by atoms with Crippen molar-refractivity contribution < 1.29 is 13.2 Å². The average Bonchev–Trinajstić information content (AvgIpc) is 2.60. The first kappa shape index (κ1) is 11.2. The van der Waals surface area contributed by atoms with E-state index >= 15 is 0 Å². The summed E-state index contributed by atoms with van der Waals surface area (Å²) in [5.74, 6) is 0. The number of hydrogen-bond acceptors (Lipinski definition) is 3. The Kier molecular flexibility index (Phi) is 3.00. The smallest absolute Gasteiger partial charge is 0.375 e. The Morgan fingerprint density at radius 2 is 2.00 bits per heavy atom. The average molecular weight is 246 g/mol. The molecule has 0 bridgehead atoms. The number of fused-ring (bicyclic) bond motifs is 1. The van der Waals surface area contributed by atoms with Gasteiger partial charge in [-0.15, -0.1) is 0 Å². The topological polar surface area (TPSA) is 24.9 Å². The number of rotatable bonds is 3. The van der Waals surface area contributed by atoms with E-state index < -0.39 is 12.6 Å². The fraction of sp³-hybridized carbons (Fsp3) is 0.300. The molecule has 0 saturated carbocycles. The monoisotopic (exact) mass is 246 g/mol. The highest BCUT2D eigenvalue weighted by molar-refractivity contribution is 7.11. The SMILES string of the molecule is FC(F)(F)CCNc1snc2ccccc12. The van der Waals surface area contributed by atoms with Crippen molar-refractivity contribution in [2.24, 2.45) is 0 Å². The van der Waals surface area contributed by atoms with Gasteiger partial charge in [-0.05, 0) is 23.7 Å². The largest absolute Gasteiger partial charge is 0.390 e. The van der Waals surface area contributed by atoms with Crippen molar-refractivity contribution in [1.82, 2.24) is 4.37 Å². The Bertz CT molecular complexity index is 478. The van der Waals surface area contributed by atoms with Gasteiger partial charge in [0.15, 0.2) is 0 Å². The zero-order chi connectivity index (χ0) is 11.6. The third-order valence-corrected chi connectivity index (χ3v) is 2.91. The normalized spacial score (nSPS) is 11.9. The Morgan fingerprint density at radius 1 is 1.25 bits per heavy atom. The van der Waals surface area contributed by atoms with Crippen molar-refractivity contribution in [3.8, 4) is 0 Å². The van der Waals surface area contributed by atoms with Gasteiger partial charge in [-0.1, -0.05) is 12.1 Å². The van der Waals surface area contributed by atoms with Crippen molar-refractivity contribution in [2.75, 3.05) is 11.9 Å². The zero-order valence-corrected chi connectivity index (χ0v) is 9.03. The number of alkyl halides is 3. The predicted molar refractivity (Wildman–Crippen MR) is 58.8 cm³/mol. The van der Waals surface area contributed by atoms with Crippen LogP contribution in [0.1, 0.15) is 6.42 Å². The van der Waals surface area contributed by atoms with Crippen LogP contribution in [0.15, 0.2) is 24.3 Å². The van der Waals surface area contributed by atoms with E-state index in [0.717, 1.165) is 10.9 Å². The summed E-state index contributed by atoms with van der Waals surface area (Å²) in [6, 6.07) is 7.36. The van der Waals surface area contributed by atoms with Crippen LogP contribution in [-0.2, 0) is 0 Å². The summed E-state index contributed by atoms with van der Waals surface area (Å²) in [5, 5.41) is 4.32. The summed E-state index contributed by atoms with van der Waals surface area (Å²) in [4.78, 5) is 0. The molecule has 0 fully saturated rings. The van der Waals surface area contributed by atoms with Crippen LogP contribution >= 0.6 is 11.5 Å². The fourth-order valence-electron chi connectivity index (χ4n) is 1.33. The second-order valence-corrected chi connectivity index (χ2v) is 4.09. The van der Waals surface area contributed by atoms with Gasteiger partial charge in [0.05, 0.1) is 11.9 Å². The highest BCUT2D eigenvalue weighted by atomic mass is 32.1. The molecule has 0 aliphatic carbocycles. The van der Waals surface area contributed by atoms with Gasteiger partial charge in [-0.3, -0.25) is 0 Å². The summed E-state index contributed by atoms with van der Waals surface area (Å²) in [6.07, 6.45) is -4.95. The van der Waals surface area contributed by atoms with Crippen molar-refractivity contribution in [2.45, 2.75) is 12.6 Å². The minimum atomic E-state index is -4.12. The first-order valence-corrected chi connectivity index (χ1v) is 5.49. The van der Waals surface area contributed by atoms with Crippen LogP contribution in [0.3, 0.4) is 0 Å². The summed E-state index contributed by atoms with van der Waals surface area (Å²) >= 11 is 1.18. The maximum absolute atomic E-state index is 11.9. The predicted octanol–water partition coefficient (Wildman–Crippen LogP) is 3.66. The molecule has 6 heteroatoms. The van der Waals surface area contributed by atoms with Gasteiger partial charge >= 0.3 is 6.18 Å². The summed E-state index contributed by atoms with van der Waals surface area (Å²) in [7, 11) is 0. The molecule has 16 heavy (non-hydrogen) atoms. The molecule has 0 saturated heterocycles. The lowest BCUT2D eigenvalue weighted by Gasteiger charge is -2.06. The Labute approximate surface area is 94.3 Å². The van der Waals surface area contributed by atoms with E-state index in [2.05, 4.69) is 9.69 Å². The number of hydrogen-bond donors (Lipinski definition) is 1. The lowest BCUT2D eigenvalue weighted by molar-refractivity contribution is -0.131. The molecule has 86 valence electrons. The Balaban J connectivity index is 2.05. The lowest BCUT2D eigenvalue weighted by Crippen LogP contribution is -2.14. The highest BCUT2D eigenvalue weighted by Crippen LogP contribution is 2.28. The summed E-state index contributed by atoms with van der Waals surface area (Å²) in [6.45, 7) is -0.115. The maximum Gasteiger partial charge on any atom is 0.390 e. The lowest BCUT2D eigenvalue weighted by atomic mass is 10.2. The van der Waals surface area contributed by atoms with E-state index in [-0.39, 0.29) is 6.54 Å². The maximum atomic E-state index is 11.9. The first-order chi connectivity index (χ1) is 7.56. The van der Waals surface area contributed by atoms with E-state index in [0.29, 0.717) is 5.00 Å². The number of nitrogens with one attached hydrogen (secondary N) is 1. The summed E-state index contributed by atoms with van der Waals surface area (Å²) in [5.41, 5.74) is 0.807. The number of anilines is 1. The molecule has 2 aromatic rings. The second kappa shape index (κ2) is 4.29. The number of halogens is 3. The van der Waals surface area contributed by atoms with Crippen molar-refractivity contribution in [1.29, 1.82) is 0 Å². The van der Waals surface area contributed by atoms with Crippen molar-refractivity contribution >= 4 is 27.4 Å². The standard InChI is InChI=1S/C10H9F3N2S/c11-10(12,13)5-6-14-9-7-3-1-2-4-8(7)15-16-9/h1-4,14H,5-6H2. The van der Waals surface area contributed by atoms with Gasteiger partial charge in [0, 0.05) is 11.9 Å². The molecular weight excluding hydrogens is 237 g/mol. The van der Waals surface area contributed by atoms with E-state index in [9.17, 15) is 13.2 Å². The molecule has 0 aliphatic heterocycles. The molecule has 0 atom stereocenters. The molecule has 0 aliphatic rings. The van der Waals surface area contributed by atoms with E-state index in [1.165, 1.54) is 11.5 Å². The third kappa shape index (κ3) is 2.63. The van der Waals surface area contributed by atoms with Crippen LogP contribution in [0.5, 0.6) is 0 Å². The Hall–Kier alpha value is -1.30. The molecular formula is C10H9F3N2S. The van der Waals surface area contributed by atoms with Crippen LogP contribution in [-0.4, -0.2) is 17.1 Å².